The van der Waals surface area contributed by atoms with Crippen molar-refractivity contribution in [3.63, 3.8) is 0 Å². The largest absolute Gasteiger partial charge is 0.375 e. The number of ether oxygens (including phenoxy) is 1. The predicted molar refractivity (Wildman–Crippen MR) is 45.1 cm³/mol. The van der Waals surface area contributed by atoms with Crippen molar-refractivity contribution in [2.45, 2.75) is 53.2 Å². The van der Waals surface area contributed by atoms with Gasteiger partial charge in [0.25, 0.3) is 0 Å². The van der Waals surface area contributed by atoms with Gasteiger partial charge in [-0.05, 0) is 26.2 Å². The average Bonchev–Trinajstić information content (AvgIpc) is 1.81. The summed E-state index contributed by atoms with van der Waals surface area (Å²) in [5.74, 6) is 0.646. The Bertz CT molecular complexity index is 76.8. The maximum atomic E-state index is 5.66. The highest BCUT2D eigenvalue weighted by molar-refractivity contribution is 4.60. The van der Waals surface area contributed by atoms with Gasteiger partial charge in [-0.25, -0.2) is 0 Å². The lowest BCUT2D eigenvalue weighted by molar-refractivity contribution is -0.0197. The molecule has 0 bridgehead atoms. The van der Waals surface area contributed by atoms with Crippen LogP contribution < -0.4 is 0 Å². The topological polar surface area (TPSA) is 9.23 Å². The van der Waals surface area contributed by atoms with Gasteiger partial charge < -0.3 is 4.74 Å². The quantitative estimate of drug-likeness (QED) is 0.589. The Labute approximate surface area is 64.8 Å². The molecule has 0 aromatic carbocycles. The van der Waals surface area contributed by atoms with Gasteiger partial charge in [0.05, 0.1) is 12.2 Å². The van der Waals surface area contributed by atoms with Crippen LogP contribution in [0, 0.1) is 5.92 Å². The van der Waals surface area contributed by atoms with Crippen LogP contribution in [0.1, 0.15) is 41.0 Å². The summed E-state index contributed by atoms with van der Waals surface area (Å²) in [4.78, 5) is 0. The van der Waals surface area contributed by atoms with Gasteiger partial charge in [-0.3, -0.25) is 0 Å². The van der Waals surface area contributed by atoms with Crippen molar-refractivity contribution in [1.82, 2.24) is 0 Å². The molecule has 0 radical (unpaired) electrons. The third kappa shape index (κ3) is 3.89. The Morgan fingerprint density at radius 3 is 1.70 bits per heavy atom. The van der Waals surface area contributed by atoms with Crippen LogP contribution in [0.3, 0.4) is 0 Å². The van der Waals surface area contributed by atoms with E-state index in [2.05, 4.69) is 34.6 Å². The number of rotatable bonds is 4. The van der Waals surface area contributed by atoms with E-state index >= 15 is 0 Å². The summed E-state index contributed by atoms with van der Waals surface area (Å²) < 4.78 is 5.66. The normalized spacial score (nSPS) is 14.7. The van der Waals surface area contributed by atoms with E-state index in [0.29, 0.717) is 18.1 Å². The fourth-order valence-corrected chi connectivity index (χ4v) is 1.07. The van der Waals surface area contributed by atoms with E-state index in [1.807, 2.05) is 0 Å². The van der Waals surface area contributed by atoms with Gasteiger partial charge in [0.15, 0.2) is 0 Å². The highest BCUT2D eigenvalue weighted by Gasteiger charge is 2.11. The van der Waals surface area contributed by atoms with Gasteiger partial charge in [-0.15, -0.1) is 0 Å². The van der Waals surface area contributed by atoms with Gasteiger partial charge in [0, 0.05) is 0 Å². The molecule has 0 rings (SSSR count). The van der Waals surface area contributed by atoms with Crippen molar-refractivity contribution in [1.29, 1.82) is 0 Å². The molecule has 0 spiro atoms. The predicted octanol–water partition coefficient (Wildman–Crippen LogP) is 2.85. The molecular weight excluding hydrogens is 124 g/mol. The molecule has 0 saturated heterocycles. The lowest BCUT2D eigenvalue weighted by Gasteiger charge is -2.22. The zero-order valence-corrected chi connectivity index (χ0v) is 7.85. The van der Waals surface area contributed by atoms with Crippen LogP contribution in [-0.2, 0) is 4.74 Å². The first kappa shape index (κ1) is 9.96. The maximum Gasteiger partial charge on any atom is 0.0598 e. The molecule has 0 aliphatic rings. The van der Waals surface area contributed by atoms with E-state index < -0.39 is 0 Å². The summed E-state index contributed by atoms with van der Waals surface area (Å²) in [5, 5.41) is 0. The summed E-state index contributed by atoms with van der Waals surface area (Å²) in [6, 6.07) is 0. The zero-order valence-electron chi connectivity index (χ0n) is 7.85. The Kier molecular flexibility index (Phi) is 4.71. The highest BCUT2D eigenvalue weighted by atomic mass is 16.5. The van der Waals surface area contributed by atoms with Crippen molar-refractivity contribution in [2.75, 3.05) is 0 Å². The third-order valence-electron chi connectivity index (χ3n) is 1.59. The molecule has 10 heavy (non-hydrogen) atoms. The Morgan fingerprint density at radius 1 is 1.10 bits per heavy atom. The van der Waals surface area contributed by atoms with Crippen LogP contribution in [0.15, 0.2) is 0 Å². The first-order valence-electron chi connectivity index (χ1n) is 4.23. The van der Waals surface area contributed by atoms with Gasteiger partial charge in [-0.1, -0.05) is 20.8 Å². The second-order valence-electron chi connectivity index (χ2n) is 3.38. The van der Waals surface area contributed by atoms with Crippen molar-refractivity contribution in [3.05, 3.63) is 0 Å². The average molecular weight is 144 g/mol. The molecule has 0 aliphatic heterocycles. The lowest BCUT2D eigenvalue weighted by Crippen LogP contribution is -2.22. The summed E-state index contributed by atoms with van der Waals surface area (Å²) in [5.41, 5.74) is 0. The fourth-order valence-electron chi connectivity index (χ4n) is 1.07. The molecule has 1 atom stereocenters. The molecule has 62 valence electrons. The van der Waals surface area contributed by atoms with Gasteiger partial charge in [0.1, 0.15) is 0 Å². The minimum absolute atomic E-state index is 0.368. The van der Waals surface area contributed by atoms with Crippen molar-refractivity contribution in [2.24, 2.45) is 5.92 Å². The van der Waals surface area contributed by atoms with E-state index in [-0.39, 0.29) is 0 Å². The van der Waals surface area contributed by atoms with Crippen LogP contribution in [0.25, 0.3) is 0 Å². The van der Waals surface area contributed by atoms with Crippen LogP contribution in [0.4, 0.5) is 0 Å². The summed E-state index contributed by atoms with van der Waals surface area (Å²) in [6.45, 7) is 10.8. The van der Waals surface area contributed by atoms with Crippen LogP contribution >= 0.6 is 0 Å². The number of hydrogen-bond donors (Lipinski definition) is 0. The molecule has 0 N–H and O–H groups in total. The van der Waals surface area contributed by atoms with Crippen molar-refractivity contribution < 1.29 is 4.74 Å². The van der Waals surface area contributed by atoms with Crippen LogP contribution in [-0.4, -0.2) is 12.2 Å². The minimum atomic E-state index is 0.368. The van der Waals surface area contributed by atoms with E-state index in [9.17, 15) is 0 Å². The fraction of sp³-hybridized carbons (Fsp3) is 1.00. The molecule has 1 unspecified atom stereocenters. The molecule has 0 aliphatic carbocycles. The standard InChI is InChI=1S/C9H20O/c1-6-9(7(2)3)10-8(4)5/h7-9H,6H2,1-5H3. The van der Waals surface area contributed by atoms with Gasteiger partial charge in [-0.2, -0.15) is 0 Å². The Hall–Kier alpha value is -0.0400. The highest BCUT2D eigenvalue weighted by Crippen LogP contribution is 2.11. The molecule has 0 fully saturated rings. The third-order valence-corrected chi connectivity index (χ3v) is 1.59. The van der Waals surface area contributed by atoms with Gasteiger partial charge in [0.2, 0.25) is 0 Å². The number of hydrogen-bond acceptors (Lipinski definition) is 1. The summed E-state index contributed by atoms with van der Waals surface area (Å²) in [7, 11) is 0. The van der Waals surface area contributed by atoms with E-state index in [4.69, 9.17) is 4.74 Å². The molecule has 1 heteroatoms. The molecule has 0 heterocycles. The molecule has 1 nitrogen and oxygen atoms in total. The maximum absolute atomic E-state index is 5.66. The smallest absolute Gasteiger partial charge is 0.0598 e. The van der Waals surface area contributed by atoms with Crippen LogP contribution in [0.2, 0.25) is 0 Å². The summed E-state index contributed by atoms with van der Waals surface area (Å²) in [6.07, 6.45) is 1.93. The van der Waals surface area contributed by atoms with E-state index in [0.717, 1.165) is 6.42 Å². The van der Waals surface area contributed by atoms with Crippen molar-refractivity contribution >= 4 is 0 Å². The molecular formula is C9H20O. The Morgan fingerprint density at radius 2 is 1.60 bits per heavy atom. The minimum Gasteiger partial charge on any atom is -0.375 e. The monoisotopic (exact) mass is 144 g/mol. The van der Waals surface area contributed by atoms with Crippen LogP contribution in [0.5, 0.6) is 0 Å². The molecule has 0 aromatic rings. The van der Waals surface area contributed by atoms with Gasteiger partial charge >= 0.3 is 0 Å². The van der Waals surface area contributed by atoms with Crippen molar-refractivity contribution in [3.8, 4) is 0 Å². The van der Waals surface area contributed by atoms with E-state index in [1.54, 1.807) is 0 Å². The van der Waals surface area contributed by atoms with E-state index in [1.165, 1.54) is 0 Å². The second kappa shape index (κ2) is 4.73. The lowest BCUT2D eigenvalue weighted by atomic mass is 10.1. The molecule has 0 amide bonds. The second-order valence-corrected chi connectivity index (χ2v) is 3.38. The zero-order chi connectivity index (χ0) is 8.15. The molecule has 0 aromatic heterocycles. The SMILES string of the molecule is CCC(OC(C)C)C(C)C. The first-order valence-corrected chi connectivity index (χ1v) is 4.23. The summed E-state index contributed by atoms with van der Waals surface area (Å²) >= 11 is 0. The first-order chi connectivity index (χ1) is 4.57. The molecule has 0 saturated carbocycles. The Balaban J connectivity index is 3.60.